The summed E-state index contributed by atoms with van der Waals surface area (Å²) >= 11 is 0. The topological polar surface area (TPSA) is 98.2 Å². The first-order valence-electron chi connectivity index (χ1n) is 6.60. The minimum absolute atomic E-state index is 0.197. The van der Waals surface area contributed by atoms with Crippen molar-refractivity contribution >= 4 is 11.9 Å². The molecule has 1 heterocycles. The van der Waals surface area contributed by atoms with Gasteiger partial charge in [-0.05, 0) is 36.6 Å². The molecule has 0 aliphatic carbocycles. The van der Waals surface area contributed by atoms with Crippen LogP contribution >= 0.6 is 0 Å². The van der Waals surface area contributed by atoms with E-state index >= 15 is 0 Å². The summed E-state index contributed by atoms with van der Waals surface area (Å²) in [7, 11) is 0. The van der Waals surface area contributed by atoms with E-state index in [0.717, 1.165) is 0 Å². The van der Waals surface area contributed by atoms with Crippen LogP contribution in [0.25, 0.3) is 5.69 Å². The summed E-state index contributed by atoms with van der Waals surface area (Å²) in [6, 6.07) is 6.59. The lowest BCUT2D eigenvalue weighted by atomic mass is 10.0. The third-order valence-electron chi connectivity index (χ3n) is 3.10. The fourth-order valence-electron chi connectivity index (χ4n) is 2.12. The molecule has 0 aliphatic heterocycles. The van der Waals surface area contributed by atoms with Crippen LogP contribution in [0.5, 0.6) is 0 Å². The van der Waals surface area contributed by atoms with Gasteiger partial charge in [0.05, 0.1) is 17.6 Å². The molecule has 1 aromatic heterocycles. The number of carboxylic acid groups (broad SMARTS) is 1. The molecule has 0 saturated heterocycles. The summed E-state index contributed by atoms with van der Waals surface area (Å²) in [6.07, 6.45) is 1.95. The van der Waals surface area contributed by atoms with E-state index in [1.165, 1.54) is 6.20 Å². The normalized spacial score (nSPS) is 10.8. The van der Waals surface area contributed by atoms with Crippen molar-refractivity contribution in [1.29, 1.82) is 0 Å². The summed E-state index contributed by atoms with van der Waals surface area (Å²) in [6.45, 7) is 4.03. The molecule has 6 heteroatoms. The number of nitrogens with two attached hydrogens (primary N) is 1. The average molecular weight is 287 g/mol. The van der Waals surface area contributed by atoms with Crippen LogP contribution in [0, 0.1) is 5.92 Å². The van der Waals surface area contributed by atoms with E-state index in [9.17, 15) is 14.7 Å². The Morgan fingerprint density at radius 2 is 1.90 bits per heavy atom. The lowest BCUT2D eigenvalue weighted by Gasteiger charge is -2.11. The van der Waals surface area contributed by atoms with E-state index in [1.807, 2.05) is 13.8 Å². The van der Waals surface area contributed by atoms with Gasteiger partial charge >= 0.3 is 5.97 Å². The highest BCUT2D eigenvalue weighted by Crippen LogP contribution is 2.19. The maximum atomic E-state index is 11.3. The highest BCUT2D eigenvalue weighted by molar-refractivity contribution is 5.93. The van der Waals surface area contributed by atoms with Crippen molar-refractivity contribution in [3.05, 3.63) is 47.3 Å². The number of aromatic carboxylic acids is 1. The number of carbonyl (C=O) groups excluding carboxylic acids is 1. The zero-order chi connectivity index (χ0) is 15.6. The summed E-state index contributed by atoms with van der Waals surface area (Å²) < 4.78 is 1.59. The molecule has 2 aromatic rings. The Kier molecular flexibility index (Phi) is 4.07. The lowest BCUT2D eigenvalue weighted by molar-refractivity contribution is 0.0695. The Morgan fingerprint density at radius 1 is 1.29 bits per heavy atom. The zero-order valence-corrected chi connectivity index (χ0v) is 11.9. The molecule has 0 saturated carbocycles. The Hall–Kier alpha value is -2.63. The number of carboxylic acids is 1. The van der Waals surface area contributed by atoms with Crippen LogP contribution in [0.15, 0.2) is 30.5 Å². The molecular formula is C15H17N3O3. The molecule has 0 radical (unpaired) electrons. The smallest absolute Gasteiger partial charge is 0.339 e. The van der Waals surface area contributed by atoms with Gasteiger partial charge in [0, 0.05) is 5.56 Å². The van der Waals surface area contributed by atoms with Crippen molar-refractivity contribution in [2.75, 3.05) is 0 Å². The van der Waals surface area contributed by atoms with Crippen LogP contribution < -0.4 is 5.73 Å². The molecule has 1 amide bonds. The number of hydrogen-bond donors (Lipinski definition) is 2. The molecule has 1 aromatic carbocycles. The largest absolute Gasteiger partial charge is 0.478 e. The maximum Gasteiger partial charge on any atom is 0.339 e. The second-order valence-electron chi connectivity index (χ2n) is 5.23. The molecule has 21 heavy (non-hydrogen) atoms. The highest BCUT2D eigenvalue weighted by Gasteiger charge is 2.18. The van der Waals surface area contributed by atoms with Crippen LogP contribution in [-0.2, 0) is 6.42 Å². The molecule has 3 N–H and O–H groups in total. The lowest BCUT2D eigenvalue weighted by Crippen LogP contribution is -2.12. The molecule has 0 aliphatic rings. The van der Waals surface area contributed by atoms with E-state index in [4.69, 9.17) is 5.73 Å². The number of amides is 1. The maximum absolute atomic E-state index is 11.3. The molecule has 0 spiro atoms. The molecule has 6 nitrogen and oxygen atoms in total. The average Bonchev–Trinajstić information content (AvgIpc) is 2.81. The molecule has 0 bridgehead atoms. The number of nitrogens with zero attached hydrogens (tertiary/aromatic N) is 2. The number of carbonyl (C=O) groups is 2. The molecule has 2 rings (SSSR count). The summed E-state index contributed by atoms with van der Waals surface area (Å²) in [5, 5.41) is 13.4. The number of aromatic nitrogens is 2. The van der Waals surface area contributed by atoms with Gasteiger partial charge < -0.3 is 10.8 Å². The second kappa shape index (κ2) is 5.78. The molecular weight excluding hydrogens is 270 g/mol. The predicted molar refractivity (Wildman–Crippen MR) is 77.6 cm³/mol. The van der Waals surface area contributed by atoms with Gasteiger partial charge in [-0.25, -0.2) is 9.48 Å². The van der Waals surface area contributed by atoms with E-state index in [2.05, 4.69) is 5.10 Å². The SMILES string of the molecule is CC(C)Cc1c(C(=O)O)cnn1-c1ccc(C(N)=O)cc1. The number of benzene rings is 1. The fourth-order valence-corrected chi connectivity index (χ4v) is 2.12. The van der Waals surface area contributed by atoms with Gasteiger partial charge in [-0.3, -0.25) is 4.79 Å². The van der Waals surface area contributed by atoms with E-state index < -0.39 is 11.9 Å². The minimum atomic E-state index is -0.995. The quantitative estimate of drug-likeness (QED) is 0.877. The first kappa shape index (κ1) is 14.8. The monoisotopic (exact) mass is 287 g/mol. The third kappa shape index (κ3) is 3.10. The van der Waals surface area contributed by atoms with Crippen LogP contribution in [-0.4, -0.2) is 26.8 Å². The van der Waals surface area contributed by atoms with Gasteiger partial charge in [-0.1, -0.05) is 13.8 Å². The van der Waals surface area contributed by atoms with Crippen molar-refractivity contribution < 1.29 is 14.7 Å². The van der Waals surface area contributed by atoms with Crippen molar-refractivity contribution in [3.63, 3.8) is 0 Å². The molecule has 0 fully saturated rings. The van der Waals surface area contributed by atoms with Crippen LogP contribution in [0.1, 0.15) is 40.3 Å². The van der Waals surface area contributed by atoms with Crippen LogP contribution in [0.3, 0.4) is 0 Å². The van der Waals surface area contributed by atoms with Crippen LogP contribution in [0.2, 0.25) is 0 Å². The van der Waals surface area contributed by atoms with Gasteiger partial charge in [0.2, 0.25) is 5.91 Å². The summed E-state index contributed by atoms with van der Waals surface area (Å²) in [4.78, 5) is 22.4. The molecule has 0 unspecified atom stereocenters. The van der Waals surface area contributed by atoms with Gasteiger partial charge in [0.15, 0.2) is 0 Å². The van der Waals surface area contributed by atoms with Crippen molar-refractivity contribution in [3.8, 4) is 5.69 Å². The third-order valence-corrected chi connectivity index (χ3v) is 3.10. The van der Waals surface area contributed by atoms with Gasteiger partial charge in [-0.15, -0.1) is 0 Å². The van der Waals surface area contributed by atoms with Crippen molar-refractivity contribution in [2.24, 2.45) is 11.7 Å². The molecule has 0 atom stereocenters. The Labute approximate surface area is 122 Å². The summed E-state index contributed by atoms with van der Waals surface area (Å²) in [5.74, 6) is -1.20. The van der Waals surface area contributed by atoms with E-state index in [1.54, 1.807) is 28.9 Å². The standard InChI is InChI=1S/C15H17N3O3/c1-9(2)7-13-12(15(20)21)8-17-18(13)11-5-3-10(4-6-11)14(16)19/h3-6,8-9H,7H2,1-2H3,(H2,16,19)(H,20,21). The van der Waals surface area contributed by atoms with Gasteiger partial charge in [0.25, 0.3) is 0 Å². The number of hydrogen-bond acceptors (Lipinski definition) is 3. The number of primary amides is 1. The van der Waals surface area contributed by atoms with Crippen molar-refractivity contribution in [1.82, 2.24) is 9.78 Å². The van der Waals surface area contributed by atoms with Gasteiger partial charge in [-0.2, -0.15) is 5.10 Å². The first-order chi connectivity index (χ1) is 9.90. The van der Waals surface area contributed by atoms with Crippen molar-refractivity contribution in [2.45, 2.75) is 20.3 Å². The fraction of sp³-hybridized carbons (Fsp3) is 0.267. The first-order valence-corrected chi connectivity index (χ1v) is 6.60. The minimum Gasteiger partial charge on any atom is -0.478 e. The second-order valence-corrected chi connectivity index (χ2v) is 5.23. The Balaban J connectivity index is 2.47. The number of rotatable bonds is 5. The van der Waals surface area contributed by atoms with E-state index in [-0.39, 0.29) is 5.56 Å². The highest BCUT2D eigenvalue weighted by atomic mass is 16.4. The molecule has 110 valence electrons. The van der Waals surface area contributed by atoms with Gasteiger partial charge in [0.1, 0.15) is 5.56 Å². The zero-order valence-electron chi connectivity index (χ0n) is 11.9. The predicted octanol–water partition coefficient (Wildman–Crippen LogP) is 1.87. The Bertz CT molecular complexity index is 672. The Morgan fingerprint density at radius 3 is 2.38 bits per heavy atom. The summed E-state index contributed by atoms with van der Waals surface area (Å²) in [5.41, 5.74) is 7.14. The van der Waals surface area contributed by atoms with E-state index in [0.29, 0.717) is 29.3 Å². The van der Waals surface area contributed by atoms with Crippen LogP contribution in [0.4, 0.5) is 0 Å².